The van der Waals surface area contributed by atoms with Gasteiger partial charge in [-0.25, -0.2) is 4.79 Å². The van der Waals surface area contributed by atoms with E-state index < -0.39 is 30.2 Å². The summed E-state index contributed by atoms with van der Waals surface area (Å²) in [4.78, 5) is 26.8. The number of rotatable bonds is 4. The maximum absolute atomic E-state index is 12.1. The number of carbonyl (C=O) groups excluding carboxylic acids is 1. The largest absolute Gasteiger partial charge is 0.388 e. The molecule has 8 heteroatoms. The highest BCUT2D eigenvalue weighted by atomic mass is 16.6. The van der Waals surface area contributed by atoms with E-state index in [0.717, 1.165) is 0 Å². The Kier molecular flexibility index (Phi) is 4.71. The van der Waals surface area contributed by atoms with Gasteiger partial charge in [0.15, 0.2) is 6.23 Å². The van der Waals surface area contributed by atoms with Crippen LogP contribution in [0.2, 0.25) is 0 Å². The summed E-state index contributed by atoms with van der Waals surface area (Å²) in [5, 5.41) is 12.5. The van der Waals surface area contributed by atoms with E-state index in [1.807, 2.05) is 6.92 Å². The lowest BCUT2D eigenvalue weighted by Crippen LogP contribution is -2.37. The smallest absolute Gasteiger partial charge is 0.351 e. The Morgan fingerprint density at radius 2 is 2.33 bits per heavy atom. The number of hydrogen-bond donors (Lipinski definition) is 2. The summed E-state index contributed by atoms with van der Waals surface area (Å²) in [5.41, 5.74) is -0.586. The summed E-state index contributed by atoms with van der Waals surface area (Å²) >= 11 is 0. The number of ether oxygens (including phenoxy) is 2. The lowest BCUT2D eigenvalue weighted by molar-refractivity contribution is -0.114. The van der Waals surface area contributed by atoms with Crippen molar-refractivity contribution < 1.29 is 19.4 Å². The Bertz CT molecular complexity index is 573. The van der Waals surface area contributed by atoms with E-state index in [4.69, 9.17) is 9.47 Å². The van der Waals surface area contributed by atoms with Crippen LogP contribution in [0, 0.1) is 0 Å². The minimum atomic E-state index is -0.813. The summed E-state index contributed by atoms with van der Waals surface area (Å²) in [6, 6.07) is 1.49. The zero-order chi connectivity index (χ0) is 15.6. The standard InChI is InChI=1S/C13H19N3O5/c1-4-8-10(18)11(20-3)12(21-8)16-6-5-9(14-7(2)17)15-13(16)19/h5-6,8,10-12,18H,4H2,1-3H3,(H,14,15,17,19)/t8-,10?,11+,12-/m1/s1. The molecule has 2 rings (SSSR count). The van der Waals surface area contributed by atoms with Crippen LogP contribution in [0.1, 0.15) is 26.5 Å². The number of aliphatic hydroxyl groups is 1. The van der Waals surface area contributed by atoms with Gasteiger partial charge in [0.05, 0.1) is 6.10 Å². The zero-order valence-electron chi connectivity index (χ0n) is 12.1. The first-order chi connectivity index (χ1) is 9.97. The van der Waals surface area contributed by atoms with Gasteiger partial charge in [-0.2, -0.15) is 4.98 Å². The number of nitrogens with one attached hydrogen (secondary N) is 1. The van der Waals surface area contributed by atoms with Crippen LogP contribution in [0.5, 0.6) is 0 Å². The molecule has 0 aromatic carbocycles. The average molecular weight is 297 g/mol. The van der Waals surface area contributed by atoms with Crippen molar-refractivity contribution in [2.45, 2.75) is 44.8 Å². The fourth-order valence-corrected chi connectivity index (χ4v) is 2.39. The lowest BCUT2D eigenvalue weighted by Gasteiger charge is -2.20. The van der Waals surface area contributed by atoms with Crippen molar-refractivity contribution in [1.82, 2.24) is 9.55 Å². The minimum absolute atomic E-state index is 0.170. The van der Waals surface area contributed by atoms with Gasteiger partial charge in [0.1, 0.15) is 18.0 Å². The van der Waals surface area contributed by atoms with Crippen molar-refractivity contribution in [3.8, 4) is 0 Å². The first-order valence-corrected chi connectivity index (χ1v) is 6.71. The molecular formula is C13H19N3O5. The molecule has 0 aliphatic carbocycles. The third kappa shape index (κ3) is 3.12. The van der Waals surface area contributed by atoms with Crippen LogP contribution in [-0.4, -0.2) is 46.0 Å². The molecule has 1 aromatic rings. The van der Waals surface area contributed by atoms with Crippen LogP contribution in [0.25, 0.3) is 0 Å². The Morgan fingerprint density at radius 1 is 1.62 bits per heavy atom. The van der Waals surface area contributed by atoms with Gasteiger partial charge < -0.3 is 19.9 Å². The van der Waals surface area contributed by atoms with Gasteiger partial charge in [0.2, 0.25) is 5.91 Å². The van der Waals surface area contributed by atoms with Crippen LogP contribution in [-0.2, 0) is 14.3 Å². The second kappa shape index (κ2) is 6.33. The third-order valence-corrected chi connectivity index (χ3v) is 3.40. The number of carbonyl (C=O) groups is 1. The first kappa shape index (κ1) is 15.6. The van der Waals surface area contributed by atoms with Crippen molar-refractivity contribution in [1.29, 1.82) is 0 Å². The molecule has 1 fully saturated rings. The van der Waals surface area contributed by atoms with Crippen molar-refractivity contribution in [2.75, 3.05) is 12.4 Å². The lowest BCUT2D eigenvalue weighted by atomic mass is 10.1. The second-order valence-electron chi connectivity index (χ2n) is 4.85. The predicted octanol–water partition coefficient (Wildman–Crippen LogP) is -0.115. The van der Waals surface area contributed by atoms with Crippen LogP contribution < -0.4 is 11.0 Å². The van der Waals surface area contributed by atoms with Gasteiger partial charge in [-0.15, -0.1) is 0 Å². The molecule has 0 saturated carbocycles. The van der Waals surface area contributed by atoms with Gasteiger partial charge in [0.25, 0.3) is 0 Å². The molecule has 1 aliphatic heterocycles. The van der Waals surface area contributed by atoms with Crippen LogP contribution in [0.15, 0.2) is 17.1 Å². The number of nitrogens with zero attached hydrogens (tertiary/aromatic N) is 2. The van der Waals surface area contributed by atoms with E-state index in [-0.39, 0.29) is 11.7 Å². The van der Waals surface area contributed by atoms with Gasteiger partial charge >= 0.3 is 5.69 Å². The maximum atomic E-state index is 12.1. The van der Waals surface area contributed by atoms with E-state index in [9.17, 15) is 14.7 Å². The SMILES string of the molecule is CC[C@H]1O[C@@H](n2ccc(NC(C)=O)nc2=O)[C@@H](OC)C1O. The molecule has 1 amide bonds. The number of aromatic nitrogens is 2. The second-order valence-corrected chi connectivity index (χ2v) is 4.85. The van der Waals surface area contributed by atoms with Crippen molar-refractivity contribution in [3.63, 3.8) is 0 Å². The number of anilines is 1. The highest BCUT2D eigenvalue weighted by molar-refractivity contribution is 5.87. The van der Waals surface area contributed by atoms with E-state index in [2.05, 4.69) is 10.3 Å². The van der Waals surface area contributed by atoms with Crippen LogP contribution in [0.3, 0.4) is 0 Å². The van der Waals surface area contributed by atoms with Gasteiger partial charge in [0, 0.05) is 20.2 Å². The Balaban J connectivity index is 2.29. The summed E-state index contributed by atoms with van der Waals surface area (Å²) in [7, 11) is 1.45. The molecule has 0 bridgehead atoms. The predicted molar refractivity (Wildman–Crippen MR) is 73.8 cm³/mol. The molecule has 21 heavy (non-hydrogen) atoms. The third-order valence-electron chi connectivity index (χ3n) is 3.40. The molecule has 4 atom stereocenters. The summed E-state index contributed by atoms with van der Waals surface area (Å²) in [6.45, 7) is 3.21. The van der Waals surface area contributed by atoms with Crippen molar-refractivity contribution in [3.05, 3.63) is 22.7 Å². The molecule has 116 valence electrons. The van der Waals surface area contributed by atoms with Gasteiger partial charge in [-0.05, 0) is 12.5 Å². The molecular weight excluding hydrogens is 278 g/mol. The quantitative estimate of drug-likeness (QED) is 0.803. The molecule has 1 aromatic heterocycles. The van der Waals surface area contributed by atoms with Gasteiger partial charge in [-0.1, -0.05) is 6.92 Å². The maximum Gasteiger partial charge on any atom is 0.351 e. The van der Waals surface area contributed by atoms with Crippen LogP contribution in [0.4, 0.5) is 5.82 Å². The number of amides is 1. The summed E-state index contributed by atoms with van der Waals surface area (Å²) in [5.74, 6) is -0.142. The monoisotopic (exact) mass is 297 g/mol. The Hall–Kier alpha value is -1.77. The van der Waals surface area contributed by atoms with Crippen molar-refractivity contribution in [2.24, 2.45) is 0 Å². The van der Waals surface area contributed by atoms with E-state index >= 15 is 0 Å². The molecule has 1 aliphatic rings. The number of methoxy groups -OCH3 is 1. The Labute approximate surface area is 121 Å². The van der Waals surface area contributed by atoms with Gasteiger partial charge in [-0.3, -0.25) is 9.36 Å². The number of aliphatic hydroxyl groups excluding tert-OH is 1. The van der Waals surface area contributed by atoms with Crippen LogP contribution >= 0.6 is 0 Å². The normalized spacial score (nSPS) is 28.6. The fraction of sp³-hybridized carbons (Fsp3) is 0.615. The Morgan fingerprint density at radius 3 is 2.86 bits per heavy atom. The average Bonchev–Trinajstić information content (AvgIpc) is 2.74. The fourth-order valence-electron chi connectivity index (χ4n) is 2.39. The van der Waals surface area contributed by atoms with E-state index in [1.165, 1.54) is 30.9 Å². The van der Waals surface area contributed by atoms with E-state index in [0.29, 0.717) is 6.42 Å². The number of hydrogen-bond acceptors (Lipinski definition) is 6. The minimum Gasteiger partial charge on any atom is -0.388 e. The summed E-state index contributed by atoms with van der Waals surface area (Å²) in [6.07, 6.45) is -0.553. The molecule has 2 N–H and O–H groups in total. The molecule has 8 nitrogen and oxygen atoms in total. The molecule has 0 radical (unpaired) electrons. The highest BCUT2D eigenvalue weighted by Gasteiger charge is 2.44. The first-order valence-electron chi connectivity index (χ1n) is 6.71. The zero-order valence-corrected chi connectivity index (χ0v) is 12.1. The topological polar surface area (TPSA) is 103 Å². The molecule has 0 spiro atoms. The highest BCUT2D eigenvalue weighted by Crippen LogP contribution is 2.31. The van der Waals surface area contributed by atoms with E-state index in [1.54, 1.807) is 0 Å². The molecule has 2 heterocycles. The molecule has 1 saturated heterocycles. The van der Waals surface area contributed by atoms with Crippen molar-refractivity contribution >= 4 is 11.7 Å². The molecule has 1 unspecified atom stereocenters. The summed E-state index contributed by atoms with van der Waals surface area (Å²) < 4.78 is 12.2.